The Hall–Kier alpha value is -1.07. The van der Waals surface area contributed by atoms with E-state index >= 15 is 0 Å². The Labute approximate surface area is 108 Å². The molecule has 0 radical (unpaired) electrons. The van der Waals surface area contributed by atoms with E-state index < -0.39 is 6.09 Å². The van der Waals surface area contributed by atoms with Crippen LogP contribution < -0.4 is 0 Å². The minimum Gasteiger partial charge on any atom is -0.465 e. The van der Waals surface area contributed by atoms with Gasteiger partial charge in [-0.3, -0.25) is 4.90 Å². The van der Waals surface area contributed by atoms with Crippen molar-refractivity contribution < 1.29 is 14.6 Å². The summed E-state index contributed by atoms with van der Waals surface area (Å²) in [6.07, 6.45) is -1.02. The molecule has 92 valence electrons. The van der Waals surface area contributed by atoms with E-state index in [2.05, 4.69) is 15.9 Å². The molecule has 0 unspecified atom stereocenters. The molecule has 5 heteroatoms. The first-order valence-electron chi connectivity index (χ1n) is 5.46. The summed E-state index contributed by atoms with van der Waals surface area (Å²) in [5, 5.41) is 9.20. The number of carboxylic acid groups (broad SMARTS) is 1. The number of hydrogen-bond acceptors (Lipinski definition) is 2. The number of rotatable bonds is 1. The van der Waals surface area contributed by atoms with E-state index in [1.807, 2.05) is 31.2 Å². The molecule has 1 aliphatic heterocycles. The highest BCUT2D eigenvalue weighted by Crippen LogP contribution is 2.30. The van der Waals surface area contributed by atoms with Gasteiger partial charge in [-0.15, -0.1) is 0 Å². The molecule has 1 amide bonds. The van der Waals surface area contributed by atoms with Crippen molar-refractivity contribution in [3.8, 4) is 0 Å². The van der Waals surface area contributed by atoms with Crippen molar-refractivity contribution in [3.63, 3.8) is 0 Å². The Morgan fingerprint density at radius 1 is 1.47 bits per heavy atom. The summed E-state index contributed by atoms with van der Waals surface area (Å²) >= 11 is 3.37. The third-order valence-electron chi connectivity index (χ3n) is 2.95. The fourth-order valence-corrected chi connectivity index (χ4v) is 2.41. The summed E-state index contributed by atoms with van der Waals surface area (Å²) < 4.78 is 6.52. The maximum Gasteiger partial charge on any atom is 0.407 e. The molecule has 1 fully saturated rings. The van der Waals surface area contributed by atoms with E-state index in [4.69, 9.17) is 4.74 Å². The lowest BCUT2D eigenvalue weighted by molar-refractivity contribution is -0.0532. The zero-order valence-corrected chi connectivity index (χ0v) is 11.1. The molecule has 4 nitrogen and oxygen atoms in total. The van der Waals surface area contributed by atoms with Crippen LogP contribution in [0.25, 0.3) is 0 Å². The second kappa shape index (κ2) is 5.06. The predicted octanol–water partition coefficient (Wildman–Crippen LogP) is 2.89. The Morgan fingerprint density at radius 3 is 2.71 bits per heavy atom. The summed E-state index contributed by atoms with van der Waals surface area (Å²) in [5.74, 6) is 0. The fraction of sp³-hybridized carbons (Fsp3) is 0.417. The predicted molar refractivity (Wildman–Crippen MR) is 67.0 cm³/mol. The van der Waals surface area contributed by atoms with Crippen molar-refractivity contribution in [3.05, 3.63) is 34.3 Å². The summed E-state index contributed by atoms with van der Waals surface area (Å²) in [6, 6.07) is 7.45. The van der Waals surface area contributed by atoms with Crippen LogP contribution in [0.2, 0.25) is 0 Å². The summed E-state index contributed by atoms with van der Waals surface area (Å²) in [6.45, 7) is 2.78. The van der Waals surface area contributed by atoms with Crippen LogP contribution in [-0.4, -0.2) is 35.4 Å². The maximum absolute atomic E-state index is 11.2. The van der Waals surface area contributed by atoms with Gasteiger partial charge in [-0.1, -0.05) is 28.1 Å². The van der Waals surface area contributed by atoms with Crippen molar-refractivity contribution in [1.29, 1.82) is 0 Å². The maximum atomic E-state index is 11.2. The normalized spacial score (nSPS) is 24.7. The molecule has 0 spiro atoms. The number of morpholine rings is 1. The van der Waals surface area contributed by atoms with Crippen molar-refractivity contribution >= 4 is 22.0 Å². The summed E-state index contributed by atoms with van der Waals surface area (Å²) in [7, 11) is 0. The van der Waals surface area contributed by atoms with Crippen molar-refractivity contribution in [2.75, 3.05) is 13.2 Å². The van der Waals surface area contributed by atoms with Gasteiger partial charge in [0.1, 0.15) is 0 Å². The van der Waals surface area contributed by atoms with Gasteiger partial charge in [-0.25, -0.2) is 4.79 Å². The first-order chi connectivity index (χ1) is 8.09. The van der Waals surface area contributed by atoms with Gasteiger partial charge >= 0.3 is 6.09 Å². The van der Waals surface area contributed by atoms with Crippen LogP contribution in [0, 0.1) is 0 Å². The molecular formula is C12H14BrNO3. The number of benzene rings is 1. The topological polar surface area (TPSA) is 49.8 Å². The lowest BCUT2D eigenvalue weighted by Gasteiger charge is -2.38. The van der Waals surface area contributed by atoms with E-state index in [1.165, 1.54) is 4.90 Å². The lowest BCUT2D eigenvalue weighted by Crippen LogP contribution is -2.46. The van der Waals surface area contributed by atoms with Gasteiger partial charge in [0.2, 0.25) is 0 Å². The van der Waals surface area contributed by atoms with Gasteiger partial charge in [0.25, 0.3) is 0 Å². The molecule has 0 aromatic heterocycles. The Morgan fingerprint density at radius 2 is 2.12 bits per heavy atom. The van der Waals surface area contributed by atoms with Crippen molar-refractivity contribution in [2.24, 2.45) is 0 Å². The first kappa shape index (κ1) is 12.4. The number of carbonyl (C=O) groups is 1. The first-order valence-corrected chi connectivity index (χ1v) is 6.25. The smallest absolute Gasteiger partial charge is 0.407 e. The minimum absolute atomic E-state index is 0.124. The third kappa shape index (κ3) is 2.61. The Bertz CT molecular complexity index is 407. The van der Waals surface area contributed by atoms with Crippen molar-refractivity contribution in [2.45, 2.75) is 19.1 Å². The van der Waals surface area contributed by atoms with Gasteiger partial charge in [-0.05, 0) is 24.6 Å². The lowest BCUT2D eigenvalue weighted by atomic mass is 9.99. The molecule has 0 saturated carbocycles. The van der Waals surface area contributed by atoms with Gasteiger partial charge in [0.15, 0.2) is 0 Å². The average Bonchev–Trinajstić information content (AvgIpc) is 2.30. The minimum atomic E-state index is -0.895. The molecule has 2 atom stereocenters. The van der Waals surface area contributed by atoms with Crippen LogP contribution in [0.4, 0.5) is 4.79 Å². The van der Waals surface area contributed by atoms with Gasteiger partial charge in [0.05, 0.1) is 18.8 Å². The van der Waals surface area contributed by atoms with E-state index in [0.717, 1.165) is 10.0 Å². The second-order valence-corrected chi connectivity index (χ2v) is 4.96. The highest BCUT2D eigenvalue weighted by Gasteiger charge is 2.33. The quantitative estimate of drug-likeness (QED) is 0.867. The third-order valence-corrected chi connectivity index (χ3v) is 3.48. The SMILES string of the molecule is C[C@H]1OCCN(C(=O)O)[C@@H]1c1ccc(Br)cc1. The highest BCUT2D eigenvalue weighted by molar-refractivity contribution is 9.10. The van der Waals surface area contributed by atoms with Crippen LogP contribution in [0.1, 0.15) is 18.5 Å². The Kier molecular flexibility index (Phi) is 3.69. The highest BCUT2D eigenvalue weighted by atomic mass is 79.9. The number of ether oxygens (including phenoxy) is 1. The van der Waals surface area contributed by atoms with E-state index in [-0.39, 0.29) is 12.1 Å². The number of hydrogen-bond donors (Lipinski definition) is 1. The largest absolute Gasteiger partial charge is 0.465 e. The number of nitrogens with zero attached hydrogens (tertiary/aromatic N) is 1. The molecule has 1 saturated heterocycles. The van der Waals surface area contributed by atoms with E-state index in [1.54, 1.807) is 0 Å². The fourth-order valence-electron chi connectivity index (χ4n) is 2.15. The molecule has 1 heterocycles. The monoisotopic (exact) mass is 299 g/mol. The zero-order valence-electron chi connectivity index (χ0n) is 9.47. The molecular weight excluding hydrogens is 286 g/mol. The van der Waals surface area contributed by atoms with Gasteiger partial charge in [-0.2, -0.15) is 0 Å². The molecule has 1 aliphatic rings. The molecule has 2 rings (SSSR count). The van der Waals surface area contributed by atoms with Crippen LogP contribution in [0.3, 0.4) is 0 Å². The standard InChI is InChI=1S/C12H14BrNO3/c1-8-11(9-2-4-10(13)5-3-9)14(12(15)16)6-7-17-8/h2-5,8,11H,6-7H2,1H3,(H,15,16)/t8-,11+/m1/s1. The summed E-state index contributed by atoms with van der Waals surface area (Å²) in [5.41, 5.74) is 0.961. The van der Waals surface area contributed by atoms with Crippen LogP contribution >= 0.6 is 15.9 Å². The number of amides is 1. The molecule has 0 aliphatic carbocycles. The zero-order chi connectivity index (χ0) is 12.4. The molecule has 1 aromatic carbocycles. The number of halogens is 1. The van der Waals surface area contributed by atoms with Crippen LogP contribution in [0.5, 0.6) is 0 Å². The van der Waals surface area contributed by atoms with Crippen molar-refractivity contribution in [1.82, 2.24) is 4.90 Å². The molecule has 1 aromatic rings. The summed E-state index contributed by atoms with van der Waals surface area (Å²) in [4.78, 5) is 12.7. The Balaban J connectivity index is 2.31. The average molecular weight is 300 g/mol. The van der Waals surface area contributed by atoms with E-state index in [9.17, 15) is 9.90 Å². The van der Waals surface area contributed by atoms with Gasteiger partial charge < -0.3 is 9.84 Å². The van der Waals surface area contributed by atoms with Crippen LogP contribution in [-0.2, 0) is 4.74 Å². The molecule has 0 bridgehead atoms. The molecule has 17 heavy (non-hydrogen) atoms. The van der Waals surface area contributed by atoms with Gasteiger partial charge in [0, 0.05) is 11.0 Å². The van der Waals surface area contributed by atoms with E-state index in [0.29, 0.717) is 13.2 Å². The van der Waals surface area contributed by atoms with Crippen LogP contribution in [0.15, 0.2) is 28.7 Å². The molecule has 1 N–H and O–H groups in total. The second-order valence-electron chi connectivity index (χ2n) is 4.05.